The smallest absolute Gasteiger partial charge is 0.335 e. The van der Waals surface area contributed by atoms with E-state index in [1.165, 1.54) is 24.0 Å². The van der Waals surface area contributed by atoms with Crippen LogP contribution in [0.5, 0.6) is 0 Å². The molecular weight excluding hydrogens is 256 g/mol. The summed E-state index contributed by atoms with van der Waals surface area (Å²) in [7, 11) is 0. The van der Waals surface area contributed by atoms with Crippen LogP contribution in [0.25, 0.3) is 0 Å². The van der Waals surface area contributed by atoms with Gasteiger partial charge in [0, 0.05) is 18.3 Å². The van der Waals surface area contributed by atoms with Crippen LogP contribution < -0.4 is 10.6 Å². The van der Waals surface area contributed by atoms with E-state index in [9.17, 15) is 9.59 Å². The predicted molar refractivity (Wildman–Crippen MR) is 77.1 cm³/mol. The van der Waals surface area contributed by atoms with Gasteiger partial charge >= 0.3 is 5.97 Å². The van der Waals surface area contributed by atoms with E-state index in [0.29, 0.717) is 17.1 Å². The van der Waals surface area contributed by atoms with Crippen LogP contribution >= 0.6 is 0 Å². The normalized spacial score (nSPS) is 10.1. The van der Waals surface area contributed by atoms with Gasteiger partial charge in [-0.2, -0.15) is 0 Å². The zero-order chi connectivity index (χ0) is 14.7. The summed E-state index contributed by atoms with van der Waals surface area (Å²) in [5, 5.41) is 8.88. The average molecular weight is 270 g/mol. The van der Waals surface area contributed by atoms with Crippen molar-refractivity contribution in [3.63, 3.8) is 0 Å². The molecule has 0 unspecified atom stereocenters. The lowest BCUT2D eigenvalue weighted by molar-refractivity contribution is -0.115. The number of hydrogen-bond acceptors (Lipinski definition) is 3. The zero-order valence-corrected chi connectivity index (χ0v) is 10.9. The summed E-state index contributed by atoms with van der Waals surface area (Å²) in [6.07, 6.45) is 0. The van der Waals surface area contributed by atoms with Gasteiger partial charge in [-0.05, 0) is 42.5 Å². The molecule has 0 spiro atoms. The quantitative estimate of drug-likeness (QED) is 0.840. The van der Waals surface area contributed by atoms with Gasteiger partial charge in [0.05, 0.1) is 11.3 Å². The minimum absolute atomic E-state index is 0.171. The number of anilines is 3. The highest BCUT2D eigenvalue weighted by Crippen LogP contribution is 2.27. The van der Waals surface area contributed by atoms with Crippen LogP contribution in [0.2, 0.25) is 0 Å². The van der Waals surface area contributed by atoms with Crippen molar-refractivity contribution in [1.82, 2.24) is 0 Å². The van der Waals surface area contributed by atoms with Crippen molar-refractivity contribution >= 4 is 28.9 Å². The maximum Gasteiger partial charge on any atom is 0.335 e. The molecule has 0 fully saturated rings. The maximum atomic E-state index is 11.8. The number of rotatable bonds is 3. The largest absolute Gasteiger partial charge is 0.478 e. The second-order valence-electron chi connectivity index (χ2n) is 4.30. The number of hydrogen-bond donors (Lipinski definition) is 2. The van der Waals surface area contributed by atoms with Gasteiger partial charge in [0.25, 0.3) is 0 Å². The molecule has 5 nitrogen and oxygen atoms in total. The Bertz CT molecular complexity index is 650. The summed E-state index contributed by atoms with van der Waals surface area (Å²) in [6, 6.07) is 13.0. The van der Waals surface area contributed by atoms with Crippen molar-refractivity contribution in [2.75, 3.05) is 10.6 Å². The second kappa shape index (κ2) is 5.44. The highest BCUT2D eigenvalue weighted by Gasteiger charge is 2.14. The number of nitrogens with two attached hydrogens (primary N) is 1. The number of nitrogens with zero attached hydrogens (tertiary/aromatic N) is 1. The van der Waals surface area contributed by atoms with Crippen LogP contribution in [-0.2, 0) is 4.79 Å². The van der Waals surface area contributed by atoms with Crippen LogP contribution in [0.3, 0.4) is 0 Å². The number of aromatic carboxylic acids is 1. The Morgan fingerprint density at radius 3 is 2.20 bits per heavy atom. The van der Waals surface area contributed by atoms with E-state index in [4.69, 9.17) is 10.8 Å². The molecule has 0 aromatic heterocycles. The number of carbonyl (C=O) groups is 2. The van der Waals surface area contributed by atoms with Crippen LogP contribution in [0.15, 0.2) is 48.5 Å². The van der Waals surface area contributed by atoms with E-state index in [2.05, 4.69) is 0 Å². The van der Waals surface area contributed by atoms with Crippen molar-refractivity contribution < 1.29 is 14.7 Å². The summed E-state index contributed by atoms with van der Waals surface area (Å²) in [6.45, 7) is 1.44. The van der Waals surface area contributed by atoms with E-state index in [1.54, 1.807) is 36.4 Å². The highest BCUT2D eigenvalue weighted by molar-refractivity contribution is 6.00. The van der Waals surface area contributed by atoms with Gasteiger partial charge in [-0.1, -0.05) is 6.07 Å². The van der Waals surface area contributed by atoms with Crippen molar-refractivity contribution in [3.05, 3.63) is 54.1 Å². The van der Waals surface area contributed by atoms with Gasteiger partial charge in [-0.3, -0.25) is 9.69 Å². The molecule has 2 rings (SSSR count). The first kappa shape index (κ1) is 13.6. The van der Waals surface area contributed by atoms with E-state index >= 15 is 0 Å². The van der Waals surface area contributed by atoms with Crippen molar-refractivity contribution in [1.29, 1.82) is 0 Å². The Morgan fingerprint density at radius 2 is 1.70 bits per heavy atom. The Hall–Kier alpha value is -2.82. The Morgan fingerprint density at radius 1 is 1.05 bits per heavy atom. The number of amides is 1. The fourth-order valence-corrected chi connectivity index (χ4v) is 1.93. The third-order valence-corrected chi connectivity index (χ3v) is 2.82. The molecule has 0 saturated carbocycles. The maximum absolute atomic E-state index is 11.8. The second-order valence-corrected chi connectivity index (χ2v) is 4.30. The summed E-state index contributed by atoms with van der Waals surface area (Å²) in [5.41, 5.74) is 7.68. The number of carboxylic acids is 1. The van der Waals surface area contributed by atoms with Gasteiger partial charge in [0.2, 0.25) is 5.91 Å². The molecule has 20 heavy (non-hydrogen) atoms. The molecule has 0 aliphatic carbocycles. The zero-order valence-electron chi connectivity index (χ0n) is 10.9. The van der Waals surface area contributed by atoms with Gasteiger partial charge in [-0.15, -0.1) is 0 Å². The summed E-state index contributed by atoms with van der Waals surface area (Å²) < 4.78 is 0. The molecule has 3 N–H and O–H groups in total. The van der Waals surface area contributed by atoms with Gasteiger partial charge < -0.3 is 10.8 Å². The molecule has 0 bridgehead atoms. The van der Waals surface area contributed by atoms with Crippen LogP contribution in [-0.4, -0.2) is 17.0 Å². The van der Waals surface area contributed by atoms with Crippen LogP contribution in [0.4, 0.5) is 17.1 Å². The van der Waals surface area contributed by atoms with Crippen molar-refractivity contribution in [2.45, 2.75) is 6.92 Å². The molecule has 2 aromatic carbocycles. The Balaban J connectivity index is 2.43. The number of carboxylic acid groups (broad SMARTS) is 1. The summed E-state index contributed by atoms with van der Waals surface area (Å²) >= 11 is 0. The third kappa shape index (κ3) is 2.77. The van der Waals surface area contributed by atoms with Crippen LogP contribution in [0.1, 0.15) is 17.3 Å². The molecule has 1 amide bonds. The minimum Gasteiger partial charge on any atom is -0.478 e. The molecule has 5 heteroatoms. The summed E-state index contributed by atoms with van der Waals surface area (Å²) in [4.78, 5) is 24.2. The molecule has 0 radical (unpaired) electrons. The first-order chi connectivity index (χ1) is 9.49. The molecule has 0 aliphatic heterocycles. The minimum atomic E-state index is -1.00. The predicted octanol–water partition coefficient (Wildman–Crippen LogP) is 2.65. The first-order valence-corrected chi connectivity index (χ1v) is 5.98. The first-order valence-electron chi connectivity index (χ1n) is 5.98. The third-order valence-electron chi connectivity index (χ3n) is 2.82. The van der Waals surface area contributed by atoms with Gasteiger partial charge in [0.15, 0.2) is 0 Å². The molecule has 0 aliphatic rings. The van der Waals surface area contributed by atoms with E-state index in [-0.39, 0.29) is 11.5 Å². The van der Waals surface area contributed by atoms with Gasteiger partial charge in [-0.25, -0.2) is 4.79 Å². The van der Waals surface area contributed by atoms with Crippen molar-refractivity contribution in [2.24, 2.45) is 0 Å². The topological polar surface area (TPSA) is 83.6 Å². The molecule has 0 atom stereocenters. The van der Waals surface area contributed by atoms with E-state index in [1.807, 2.05) is 0 Å². The lowest BCUT2D eigenvalue weighted by Crippen LogP contribution is -2.22. The number of nitrogen functional groups attached to an aromatic ring is 1. The standard InChI is InChI=1S/C15H14N2O3/c1-10(18)17(14-4-2-3-12(16)9-14)13-7-5-11(6-8-13)15(19)20/h2-9H,16H2,1H3,(H,19,20). The van der Waals surface area contributed by atoms with Gasteiger partial charge in [0.1, 0.15) is 0 Å². The lowest BCUT2D eigenvalue weighted by Gasteiger charge is -2.21. The molecular formula is C15H14N2O3. The molecule has 0 heterocycles. The monoisotopic (exact) mass is 270 g/mol. The lowest BCUT2D eigenvalue weighted by atomic mass is 10.1. The van der Waals surface area contributed by atoms with E-state index < -0.39 is 5.97 Å². The SMILES string of the molecule is CC(=O)N(c1ccc(C(=O)O)cc1)c1cccc(N)c1. The number of benzene rings is 2. The molecule has 102 valence electrons. The van der Waals surface area contributed by atoms with E-state index in [0.717, 1.165) is 0 Å². The molecule has 2 aromatic rings. The Labute approximate surface area is 116 Å². The molecule has 0 saturated heterocycles. The van der Waals surface area contributed by atoms with Crippen molar-refractivity contribution in [3.8, 4) is 0 Å². The highest BCUT2D eigenvalue weighted by atomic mass is 16.4. The fourth-order valence-electron chi connectivity index (χ4n) is 1.93. The summed E-state index contributed by atoms with van der Waals surface area (Å²) in [5.74, 6) is -1.19. The number of carbonyl (C=O) groups excluding carboxylic acids is 1. The fraction of sp³-hybridized carbons (Fsp3) is 0.0667. The van der Waals surface area contributed by atoms with Crippen LogP contribution in [0, 0.1) is 0 Å². The average Bonchev–Trinajstić information content (AvgIpc) is 2.39. The Kier molecular flexibility index (Phi) is 3.70.